The zero-order valence-corrected chi connectivity index (χ0v) is 14.7. The van der Waals surface area contributed by atoms with Gasteiger partial charge < -0.3 is 4.74 Å². The fourth-order valence-electron chi connectivity index (χ4n) is 3.05. The Hall–Kier alpha value is -2.69. The Labute approximate surface area is 146 Å². The third kappa shape index (κ3) is 3.14. The molecule has 2 amide bonds. The molecular weight excluding hydrogens is 321 g/mol. The van der Waals surface area contributed by atoms with Crippen molar-refractivity contribution in [2.24, 2.45) is 0 Å². The summed E-state index contributed by atoms with van der Waals surface area (Å²) < 4.78 is 19.2. The van der Waals surface area contributed by atoms with Crippen molar-refractivity contribution in [2.45, 2.75) is 39.2 Å². The van der Waals surface area contributed by atoms with E-state index in [1.807, 2.05) is 31.2 Å². The molecule has 0 fully saturated rings. The first-order valence-corrected chi connectivity index (χ1v) is 8.11. The summed E-state index contributed by atoms with van der Waals surface area (Å²) >= 11 is 0. The molecule has 25 heavy (non-hydrogen) atoms. The van der Waals surface area contributed by atoms with Crippen LogP contribution < -0.4 is 4.90 Å². The van der Waals surface area contributed by atoms with Crippen molar-refractivity contribution in [1.29, 1.82) is 0 Å². The Bertz CT molecular complexity index is 854. The van der Waals surface area contributed by atoms with Gasteiger partial charge in [-0.1, -0.05) is 24.3 Å². The number of hydrogen-bond donors (Lipinski definition) is 0. The van der Waals surface area contributed by atoms with Crippen molar-refractivity contribution in [3.63, 3.8) is 0 Å². The number of anilines is 1. The fraction of sp³-hybridized carbons (Fsp3) is 0.300. The number of imide groups is 1. The van der Waals surface area contributed by atoms with Gasteiger partial charge in [-0.05, 0) is 62.6 Å². The second kappa shape index (κ2) is 5.99. The number of benzene rings is 2. The summed E-state index contributed by atoms with van der Waals surface area (Å²) in [5, 5.41) is 0. The molecule has 0 N–H and O–H groups in total. The van der Waals surface area contributed by atoms with Crippen LogP contribution in [0.5, 0.6) is 0 Å². The van der Waals surface area contributed by atoms with Crippen LogP contribution in [0.15, 0.2) is 42.5 Å². The van der Waals surface area contributed by atoms with Crippen molar-refractivity contribution in [3.8, 4) is 0 Å². The molecule has 1 heterocycles. The quantitative estimate of drug-likeness (QED) is 0.764. The molecule has 0 saturated heterocycles. The Morgan fingerprint density at radius 3 is 2.44 bits per heavy atom. The lowest BCUT2D eigenvalue weighted by Gasteiger charge is -2.24. The van der Waals surface area contributed by atoms with Gasteiger partial charge in [0.05, 0.1) is 11.6 Å². The minimum atomic E-state index is -0.749. The average Bonchev–Trinajstić information content (AvgIpc) is 2.77. The molecule has 0 aromatic heterocycles. The largest absolute Gasteiger partial charge is 0.443 e. The van der Waals surface area contributed by atoms with E-state index >= 15 is 0 Å². The maximum atomic E-state index is 13.8. The molecule has 0 saturated carbocycles. The molecule has 3 rings (SSSR count). The number of carbonyl (C=O) groups is 2. The molecule has 4 nitrogen and oxygen atoms in total. The lowest BCUT2D eigenvalue weighted by molar-refractivity contribution is -0.118. The van der Waals surface area contributed by atoms with E-state index in [-0.39, 0.29) is 0 Å². The minimum Gasteiger partial charge on any atom is -0.443 e. The smallest absolute Gasteiger partial charge is 0.421 e. The van der Waals surface area contributed by atoms with Gasteiger partial charge in [0, 0.05) is 0 Å². The van der Waals surface area contributed by atoms with Crippen LogP contribution in [0.4, 0.5) is 14.9 Å². The molecule has 0 spiro atoms. The fourth-order valence-corrected chi connectivity index (χ4v) is 3.05. The summed E-state index contributed by atoms with van der Waals surface area (Å²) in [5.41, 5.74) is 1.77. The highest BCUT2D eigenvalue weighted by Gasteiger charge is 2.44. The van der Waals surface area contributed by atoms with E-state index in [0.717, 1.165) is 16.0 Å². The van der Waals surface area contributed by atoms with E-state index in [0.29, 0.717) is 11.3 Å². The average molecular weight is 341 g/mol. The molecule has 0 aliphatic carbocycles. The van der Waals surface area contributed by atoms with Crippen LogP contribution in [0.25, 0.3) is 0 Å². The van der Waals surface area contributed by atoms with E-state index in [1.165, 1.54) is 18.2 Å². The molecule has 2 aromatic rings. The summed E-state index contributed by atoms with van der Waals surface area (Å²) in [5.74, 6) is -1.60. The molecule has 5 heteroatoms. The predicted molar refractivity (Wildman–Crippen MR) is 93.1 cm³/mol. The second-order valence-corrected chi connectivity index (χ2v) is 7.15. The molecule has 2 aromatic carbocycles. The van der Waals surface area contributed by atoms with Gasteiger partial charge in [-0.3, -0.25) is 4.79 Å². The SMILES string of the molecule is Cc1ccccc1[C@H]1C(=O)N(C(=O)OC(C)(C)C)c2ccc(F)cc21. The summed E-state index contributed by atoms with van der Waals surface area (Å²) in [6.07, 6.45) is -0.749. The monoisotopic (exact) mass is 341 g/mol. The lowest BCUT2D eigenvalue weighted by Crippen LogP contribution is -2.39. The lowest BCUT2D eigenvalue weighted by atomic mass is 9.89. The number of aryl methyl sites for hydroxylation is 1. The van der Waals surface area contributed by atoms with Crippen molar-refractivity contribution in [1.82, 2.24) is 0 Å². The highest BCUT2D eigenvalue weighted by atomic mass is 19.1. The number of hydrogen-bond acceptors (Lipinski definition) is 3. The van der Waals surface area contributed by atoms with Crippen LogP contribution in [0.1, 0.15) is 43.4 Å². The molecule has 1 atom stereocenters. The first-order chi connectivity index (χ1) is 11.7. The first-order valence-electron chi connectivity index (χ1n) is 8.11. The topological polar surface area (TPSA) is 46.6 Å². The van der Waals surface area contributed by atoms with Gasteiger partial charge in [0.2, 0.25) is 5.91 Å². The first kappa shape index (κ1) is 17.1. The highest BCUT2D eigenvalue weighted by Crippen LogP contribution is 2.43. The summed E-state index contributed by atoms with van der Waals surface area (Å²) in [6, 6.07) is 11.4. The number of amides is 2. The third-order valence-electron chi connectivity index (χ3n) is 4.08. The van der Waals surface area contributed by atoms with Crippen molar-refractivity contribution >= 4 is 17.7 Å². The Kier molecular flexibility index (Phi) is 4.11. The van der Waals surface area contributed by atoms with Gasteiger partial charge in [0.15, 0.2) is 0 Å². The zero-order chi connectivity index (χ0) is 18.4. The molecule has 1 aliphatic rings. The van der Waals surface area contributed by atoms with Crippen LogP contribution in [-0.4, -0.2) is 17.6 Å². The van der Waals surface area contributed by atoms with Gasteiger partial charge in [-0.2, -0.15) is 0 Å². The van der Waals surface area contributed by atoms with Crippen LogP contribution in [0, 0.1) is 12.7 Å². The standard InChI is InChI=1S/C20H20FNO3/c1-12-7-5-6-8-14(12)17-15-11-13(21)9-10-16(15)22(18(17)23)19(24)25-20(2,3)4/h5-11,17H,1-4H3/t17-/m1/s1. The van der Waals surface area contributed by atoms with E-state index in [2.05, 4.69) is 0 Å². The molecule has 1 aliphatic heterocycles. The molecule has 0 radical (unpaired) electrons. The number of nitrogens with zero attached hydrogens (tertiary/aromatic N) is 1. The zero-order valence-electron chi connectivity index (χ0n) is 14.7. The Morgan fingerprint density at radius 1 is 1.12 bits per heavy atom. The van der Waals surface area contributed by atoms with Crippen molar-refractivity contribution in [2.75, 3.05) is 4.90 Å². The summed E-state index contributed by atoms with van der Waals surface area (Å²) in [6.45, 7) is 7.08. The summed E-state index contributed by atoms with van der Waals surface area (Å²) in [7, 11) is 0. The van der Waals surface area contributed by atoms with Gasteiger partial charge in [0.1, 0.15) is 11.4 Å². The van der Waals surface area contributed by atoms with Crippen molar-refractivity contribution in [3.05, 3.63) is 65.0 Å². The maximum Gasteiger partial charge on any atom is 0.421 e. The van der Waals surface area contributed by atoms with Gasteiger partial charge in [0.25, 0.3) is 0 Å². The highest BCUT2D eigenvalue weighted by molar-refractivity contribution is 6.20. The van der Waals surface area contributed by atoms with Crippen molar-refractivity contribution < 1.29 is 18.7 Å². The van der Waals surface area contributed by atoms with E-state index in [1.54, 1.807) is 20.8 Å². The molecular formula is C20H20FNO3. The third-order valence-corrected chi connectivity index (χ3v) is 4.08. The van der Waals surface area contributed by atoms with Gasteiger partial charge in [-0.15, -0.1) is 0 Å². The molecule has 0 unspecified atom stereocenters. The maximum absolute atomic E-state index is 13.8. The van der Waals surface area contributed by atoms with E-state index in [9.17, 15) is 14.0 Å². The van der Waals surface area contributed by atoms with E-state index < -0.39 is 29.3 Å². The number of carbonyl (C=O) groups excluding carboxylic acids is 2. The van der Waals surface area contributed by atoms with Gasteiger partial charge >= 0.3 is 6.09 Å². The number of halogens is 1. The van der Waals surface area contributed by atoms with Crippen LogP contribution >= 0.6 is 0 Å². The normalized spacial score (nSPS) is 16.8. The molecule has 0 bridgehead atoms. The van der Waals surface area contributed by atoms with Crippen LogP contribution in [-0.2, 0) is 9.53 Å². The Balaban J connectivity index is 2.12. The predicted octanol–water partition coefficient (Wildman–Crippen LogP) is 4.55. The van der Waals surface area contributed by atoms with E-state index in [4.69, 9.17) is 4.74 Å². The van der Waals surface area contributed by atoms with Crippen LogP contribution in [0.2, 0.25) is 0 Å². The number of ether oxygens (including phenoxy) is 1. The Morgan fingerprint density at radius 2 is 1.80 bits per heavy atom. The number of rotatable bonds is 1. The van der Waals surface area contributed by atoms with Gasteiger partial charge in [-0.25, -0.2) is 14.1 Å². The number of fused-ring (bicyclic) bond motifs is 1. The minimum absolute atomic E-state index is 0.369. The molecule has 130 valence electrons. The summed E-state index contributed by atoms with van der Waals surface area (Å²) in [4.78, 5) is 26.6. The second-order valence-electron chi connectivity index (χ2n) is 7.15. The van der Waals surface area contributed by atoms with Crippen LogP contribution in [0.3, 0.4) is 0 Å².